The van der Waals surface area contributed by atoms with Crippen molar-refractivity contribution >= 4 is 9.24 Å². The van der Waals surface area contributed by atoms with Crippen LogP contribution in [0.4, 0.5) is 0 Å². The molecule has 20 heavy (non-hydrogen) atoms. The third-order valence-electron chi connectivity index (χ3n) is 3.66. The molecule has 0 aromatic rings. The standard InChI is InChI=1S/C19H29P/c1-5-17(12-15(2)3)10-11-19(13-16(4)20)14-18-8-6-7-9-18/h5,10,12,18H,1,6-9,11,14,20H2,2-4H3. The Hall–Kier alpha value is -0.830. The van der Waals surface area contributed by atoms with Gasteiger partial charge in [-0.05, 0) is 56.0 Å². The van der Waals surface area contributed by atoms with Crippen LogP contribution in [-0.4, -0.2) is 0 Å². The Morgan fingerprint density at radius 3 is 2.40 bits per heavy atom. The average Bonchev–Trinajstić information content (AvgIpc) is 2.85. The minimum absolute atomic E-state index is 0.880. The summed E-state index contributed by atoms with van der Waals surface area (Å²) in [5.74, 6) is 0.880. The van der Waals surface area contributed by atoms with Gasteiger partial charge in [-0.1, -0.05) is 56.1 Å². The summed E-state index contributed by atoms with van der Waals surface area (Å²) in [7, 11) is 2.75. The molecule has 1 unspecified atom stereocenters. The summed E-state index contributed by atoms with van der Waals surface area (Å²) in [5.41, 5.74) is 7.51. The van der Waals surface area contributed by atoms with E-state index in [1.165, 1.54) is 54.1 Å². The van der Waals surface area contributed by atoms with Gasteiger partial charge in [-0.25, -0.2) is 0 Å². The predicted molar refractivity (Wildman–Crippen MR) is 94.8 cm³/mol. The topological polar surface area (TPSA) is 0 Å². The summed E-state index contributed by atoms with van der Waals surface area (Å²) >= 11 is 0. The largest absolute Gasteiger partial charge is 0.118 e. The Kier molecular flexibility index (Phi) is 7.90. The van der Waals surface area contributed by atoms with Crippen molar-refractivity contribution in [2.75, 3.05) is 0 Å². The van der Waals surface area contributed by atoms with Gasteiger partial charge in [0, 0.05) is 0 Å². The molecule has 0 aromatic carbocycles. The molecule has 0 nitrogen and oxygen atoms in total. The van der Waals surface area contributed by atoms with Crippen LogP contribution in [0, 0.1) is 5.92 Å². The summed E-state index contributed by atoms with van der Waals surface area (Å²) < 4.78 is 0. The van der Waals surface area contributed by atoms with E-state index in [4.69, 9.17) is 0 Å². The lowest BCUT2D eigenvalue weighted by atomic mass is 9.95. The van der Waals surface area contributed by atoms with Crippen molar-refractivity contribution in [3.05, 3.63) is 52.6 Å². The fourth-order valence-corrected chi connectivity index (χ4v) is 3.01. The molecule has 1 heteroatoms. The monoisotopic (exact) mass is 288 g/mol. The van der Waals surface area contributed by atoms with E-state index in [0.717, 1.165) is 12.3 Å². The molecule has 1 fully saturated rings. The smallest absolute Gasteiger partial charge is 0.00533 e. The molecule has 1 saturated carbocycles. The van der Waals surface area contributed by atoms with Crippen LogP contribution in [0.25, 0.3) is 0 Å². The predicted octanol–water partition coefficient (Wildman–Crippen LogP) is 6.34. The van der Waals surface area contributed by atoms with Gasteiger partial charge in [-0.2, -0.15) is 0 Å². The van der Waals surface area contributed by atoms with Gasteiger partial charge in [0.05, 0.1) is 0 Å². The van der Waals surface area contributed by atoms with Crippen LogP contribution >= 0.6 is 9.24 Å². The zero-order chi connectivity index (χ0) is 15.0. The second-order valence-electron chi connectivity index (χ2n) is 6.10. The zero-order valence-corrected chi connectivity index (χ0v) is 14.5. The van der Waals surface area contributed by atoms with Gasteiger partial charge in [-0.3, -0.25) is 0 Å². The van der Waals surface area contributed by atoms with E-state index in [1.54, 1.807) is 0 Å². The van der Waals surface area contributed by atoms with Crippen LogP contribution in [0.3, 0.4) is 0 Å². The molecule has 0 bridgehead atoms. The Bertz CT molecular complexity index is 442. The molecule has 1 aliphatic rings. The number of rotatable bonds is 6. The lowest BCUT2D eigenvalue weighted by Crippen LogP contribution is -1.95. The molecule has 1 atom stereocenters. The van der Waals surface area contributed by atoms with Crippen molar-refractivity contribution < 1.29 is 0 Å². The first kappa shape index (κ1) is 17.2. The lowest BCUT2D eigenvalue weighted by molar-refractivity contribution is 0.540. The second-order valence-corrected chi connectivity index (χ2v) is 6.97. The maximum Gasteiger partial charge on any atom is -0.00533 e. The van der Waals surface area contributed by atoms with Crippen molar-refractivity contribution in [2.45, 2.75) is 59.3 Å². The highest BCUT2D eigenvalue weighted by Gasteiger charge is 2.16. The first-order valence-electron chi connectivity index (χ1n) is 7.69. The van der Waals surface area contributed by atoms with Crippen molar-refractivity contribution in [3.63, 3.8) is 0 Å². The first-order valence-corrected chi connectivity index (χ1v) is 8.27. The molecule has 1 rings (SSSR count). The fourth-order valence-electron chi connectivity index (χ4n) is 2.80. The van der Waals surface area contributed by atoms with Crippen LogP contribution in [0.5, 0.6) is 0 Å². The molecule has 0 spiro atoms. The zero-order valence-electron chi connectivity index (χ0n) is 13.3. The molecule has 0 aromatic heterocycles. The molecule has 0 amide bonds. The van der Waals surface area contributed by atoms with E-state index in [0.29, 0.717) is 0 Å². The molecular formula is C19H29P. The van der Waals surface area contributed by atoms with E-state index >= 15 is 0 Å². The van der Waals surface area contributed by atoms with Gasteiger partial charge in [0.1, 0.15) is 0 Å². The minimum atomic E-state index is 0.880. The molecule has 0 radical (unpaired) electrons. The summed E-state index contributed by atoms with van der Waals surface area (Å²) in [6.07, 6.45) is 14.2. The summed E-state index contributed by atoms with van der Waals surface area (Å²) in [6, 6.07) is 0. The summed E-state index contributed by atoms with van der Waals surface area (Å²) in [6.45, 7) is 10.3. The molecule has 0 heterocycles. The van der Waals surface area contributed by atoms with Crippen molar-refractivity contribution in [1.29, 1.82) is 0 Å². The van der Waals surface area contributed by atoms with E-state index in [2.05, 4.69) is 54.5 Å². The minimum Gasteiger partial charge on any atom is -0.118 e. The highest BCUT2D eigenvalue weighted by molar-refractivity contribution is 7.22. The normalized spacial score (nSPS) is 15.7. The highest BCUT2D eigenvalue weighted by atomic mass is 31.0. The van der Waals surface area contributed by atoms with Crippen LogP contribution < -0.4 is 0 Å². The van der Waals surface area contributed by atoms with Gasteiger partial charge >= 0.3 is 0 Å². The SMILES string of the molecule is C=CC(C=C(C)C)=CCC(=C=C(C)P)CC1CCCC1. The molecule has 1 aliphatic carbocycles. The number of hydrogen-bond donors (Lipinski definition) is 0. The Labute approximate surface area is 127 Å². The Morgan fingerprint density at radius 2 is 1.90 bits per heavy atom. The third kappa shape index (κ3) is 7.09. The molecule has 110 valence electrons. The number of hydrogen-bond acceptors (Lipinski definition) is 0. The quantitative estimate of drug-likeness (QED) is 0.304. The van der Waals surface area contributed by atoms with Crippen molar-refractivity contribution in [1.82, 2.24) is 0 Å². The summed E-state index contributed by atoms with van der Waals surface area (Å²) in [5, 5.41) is 1.20. The summed E-state index contributed by atoms with van der Waals surface area (Å²) in [4.78, 5) is 0. The van der Waals surface area contributed by atoms with Crippen LogP contribution in [0.15, 0.2) is 52.6 Å². The van der Waals surface area contributed by atoms with Crippen molar-refractivity contribution in [3.8, 4) is 0 Å². The van der Waals surface area contributed by atoms with Crippen LogP contribution in [0.2, 0.25) is 0 Å². The maximum atomic E-state index is 3.90. The van der Waals surface area contributed by atoms with Crippen LogP contribution in [-0.2, 0) is 0 Å². The van der Waals surface area contributed by atoms with Gasteiger partial charge < -0.3 is 0 Å². The Morgan fingerprint density at radius 1 is 1.25 bits per heavy atom. The van der Waals surface area contributed by atoms with Gasteiger partial charge in [-0.15, -0.1) is 15.0 Å². The second kappa shape index (κ2) is 9.17. The first-order chi connectivity index (χ1) is 9.51. The van der Waals surface area contributed by atoms with E-state index in [9.17, 15) is 0 Å². The molecule has 0 aliphatic heterocycles. The van der Waals surface area contributed by atoms with Gasteiger partial charge in [0.15, 0.2) is 0 Å². The van der Waals surface area contributed by atoms with Crippen molar-refractivity contribution in [2.24, 2.45) is 5.92 Å². The molecule has 0 N–H and O–H groups in total. The average molecular weight is 288 g/mol. The number of allylic oxidation sites excluding steroid dienone is 6. The van der Waals surface area contributed by atoms with E-state index in [-0.39, 0.29) is 0 Å². The van der Waals surface area contributed by atoms with E-state index in [1.807, 2.05) is 6.08 Å². The van der Waals surface area contributed by atoms with E-state index < -0.39 is 0 Å². The highest BCUT2D eigenvalue weighted by Crippen LogP contribution is 2.31. The van der Waals surface area contributed by atoms with Crippen LogP contribution in [0.1, 0.15) is 59.3 Å². The van der Waals surface area contributed by atoms with Gasteiger partial charge in [0.25, 0.3) is 0 Å². The third-order valence-corrected chi connectivity index (χ3v) is 3.80. The lowest BCUT2D eigenvalue weighted by Gasteiger charge is -2.10. The van der Waals surface area contributed by atoms with Gasteiger partial charge in [0.2, 0.25) is 0 Å². The molecular weight excluding hydrogens is 259 g/mol. The molecule has 0 saturated heterocycles. The Balaban J connectivity index is 2.80. The maximum absolute atomic E-state index is 3.90. The fraction of sp³-hybridized carbons (Fsp3) is 0.526.